The van der Waals surface area contributed by atoms with Crippen LogP contribution < -0.4 is 4.90 Å². The Labute approximate surface area is 148 Å². The van der Waals surface area contributed by atoms with Gasteiger partial charge in [0.25, 0.3) is 5.91 Å². The summed E-state index contributed by atoms with van der Waals surface area (Å²) < 4.78 is 0. The van der Waals surface area contributed by atoms with Crippen LogP contribution in [0.4, 0.5) is 5.69 Å². The number of carbonyl (C=O) groups excluding carboxylic acids is 1. The minimum atomic E-state index is 0.0430. The van der Waals surface area contributed by atoms with E-state index in [0.717, 1.165) is 37.1 Å². The largest absolute Gasteiger partial charge is 0.305 e. The molecule has 24 heavy (non-hydrogen) atoms. The van der Waals surface area contributed by atoms with E-state index in [9.17, 15) is 4.79 Å². The SMILES string of the molecule is CCCc1[nH]ncc1C(=O)N(c1ccc(Cl)cc1)C1CCCCC1. The van der Waals surface area contributed by atoms with Gasteiger partial charge in [-0.25, -0.2) is 0 Å². The summed E-state index contributed by atoms with van der Waals surface area (Å²) in [5.41, 5.74) is 2.54. The number of rotatable bonds is 5. The maximum atomic E-state index is 13.3. The maximum absolute atomic E-state index is 13.3. The number of anilines is 1. The Morgan fingerprint density at radius 3 is 2.62 bits per heavy atom. The van der Waals surface area contributed by atoms with Crippen molar-refractivity contribution in [2.75, 3.05) is 4.90 Å². The number of benzene rings is 1. The molecule has 1 fully saturated rings. The number of hydrogen-bond donors (Lipinski definition) is 1. The standard InChI is InChI=1S/C19H24ClN3O/c1-2-6-18-17(13-21-22-18)19(24)23(15-7-4-3-5-8-15)16-11-9-14(20)10-12-16/h9-13,15H,2-8H2,1H3,(H,21,22). The second kappa shape index (κ2) is 7.84. The van der Waals surface area contributed by atoms with Gasteiger partial charge in [0.15, 0.2) is 0 Å². The molecule has 1 heterocycles. The summed E-state index contributed by atoms with van der Waals surface area (Å²) >= 11 is 6.03. The molecule has 0 radical (unpaired) electrons. The van der Waals surface area contributed by atoms with Crippen molar-refractivity contribution in [1.82, 2.24) is 10.2 Å². The molecule has 3 rings (SSSR count). The summed E-state index contributed by atoms with van der Waals surface area (Å²) in [7, 11) is 0. The lowest BCUT2D eigenvalue weighted by Crippen LogP contribution is -2.42. The highest BCUT2D eigenvalue weighted by molar-refractivity contribution is 6.30. The second-order valence-electron chi connectivity index (χ2n) is 6.46. The third kappa shape index (κ3) is 3.64. The number of aryl methyl sites for hydroxylation is 1. The zero-order chi connectivity index (χ0) is 16.9. The maximum Gasteiger partial charge on any atom is 0.261 e. The number of hydrogen-bond acceptors (Lipinski definition) is 2. The van der Waals surface area contributed by atoms with Crippen LogP contribution in [0.3, 0.4) is 0 Å². The molecule has 0 saturated heterocycles. The van der Waals surface area contributed by atoms with Gasteiger partial charge in [0.05, 0.1) is 11.8 Å². The summed E-state index contributed by atoms with van der Waals surface area (Å²) in [5, 5.41) is 7.78. The summed E-state index contributed by atoms with van der Waals surface area (Å²) in [6.07, 6.45) is 9.19. The zero-order valence-corrected chi connectivity index (χ0v) is 14.9. The van der Waals surface area contributed by atoms with Crippen molar-refractivity contribution >= 4 is 23.2 Å². The van der Waals surface area contributed by atoms with E-state index in [1.807, 2.05) is 29.2 Å². The molecule has 128 valence electrons. The van der Waals surface area contributed by atoms with E-state index in [0.29, 0.717) is 10.6 Å². The zero-order valence-electron chi connectivity index (χ0n) is 14.1. The van der Waals surface area contributed by atoms with E-state index in [4.69, 9.17) is 11.6 Å². The lowest BCUT2D eigenvalue weighted by molar-refractivity contribution is 0.0969. The minimum absolute atomic E-state index is 0.0430. The van der Waals surface area contributed by atoms with Gasteiger partial charge >= 0.3 is 0 Å². The minimum Gasteiger partial charge on any atom is -0.305 e. The molecule has 0 unspecified atom stereocenters. The lowest BCUT2D eigenvalue weighted by atomic mass is 9.93. The van der Waals surface area contributed by atoms with Crippen molar-refractivity contribution in [2.45, 2.75) is 57.9 Å². The van der Waals surface area contributed by atoms with Crippen LogP contribution in [0.15, 0.2) is 30.5 Å². The second-order valence-corrected chi connectivity index (χ2v) is 6.89. The molecule has 2 aromatic rings. The molecule has 1 aromatic heterocycles. The van der Waals surface area contributed by atoms with Gasteiger partial charge in [0, 0.05) is 22.4 Å². The number of nitrogens with zero attached hydrogens (tertiary/aromatic N) is 2. The normalized spacial score (nSPS) is 15.4. The van der Waals surface area contributed by atoms with Gasteiger partial charge in [-0.2, -0.15) is 5.10 Å². The van der Waals surface area contributed by atoms with Crippen molar-refractivity contribution in [1.29, 1.82) is 0 Å². The molecule has 1 aliphatic rings. The Bertz CT molecular complexity index is 674. The van der Waals surface area contributed by atoms with E-state index in [1.54, 1.807) is 6.20 Å². The average Bonchev–Trinajstić information content (AvgIpc) is 3.06. The van der Waals surface area contributed by atoms with Gasteiger partial charge in [-0.3, -0.25) is 9.89 Å². The quantitative estimate of drug-likeness (QED) is 0.829. The summed E-state index contributed by atoms with van der Waals surface area (Å²) in [5.74, 6) is 0.0430. The molecule has 1 saturated carbocycles. The molecule has 1 aromatic carbocycles. The lowest BCUT2D eigenvalue weighted by Gasteiger charge is -2.34. The highest BCUT2D eigenvalue weighted by Crippen LogP contribution is 2.30. The van der Waals surface area contributed by atoms with E-state index < -0.39 is 0 Å². The number of aromatic amines is 1. The molecule has 0 aliphatic heterocycles. The Balaban J connectivity index is 1.95. The van der Waals surface area contributed by atoms with Crippen LogP contribution in [0.2, 0.25) is 5.02 Å². The fourth-order valence-corrected chi connectivity index (χ4v) is 3.63. The van der Waals surface area contributed by atoms with E-state index in [1.165, 1.54) is 19.3 Å². The highest BCUT2D eigenvalue weighted by Gasteiger charge is 2.29. The molecule has 1 N–H and O–H groups in total. The number of amides is 1. The number of carbonyl (C=O) groups is 1. The molecular formula is C19H24ClN3O. The first-order valence-electron chi connectivity index (χ1n) is 8.82. The Morgan fingerprint density at radius 1 is 1.25 bits per heavy atom. The van der Waals surface area contributed by atoms with Crippen molar-refractivity contribution < 1.29 is 4.79 Å². The Morgan fingerprint density at radius 2 is 1.96 bits per heavy atom. The summed E-state index contributed by atoms with van der Waals surface area (Å²) in [4.78, 5) is 15.3. The summed E-state index contributed by atoms with van der Waals surface area (Å²) in [6, 6.07) is 7.82. The van der Waals surface area contributed by atoms with E-state index in [-0.39, 0.29) is 11.9 Å². The van der Waals surface area contributed by atoms with Crippen LogP contribution in [-0.4, -0.2) is 22.1 Å². The molecule has 0 spiro atoms. The van der Waals surface area contributed by atoms with Gasteiger partial charge in [-0.05, 0) is 43.5 Å². The molecule has 5 heteroatoms. The molecule has 1 amide bonds. The van der Waals surface area contributed by atoms with Crippen LogP contribution in [0.1, 0.15) is 61.5 Å². The van der Waals surface area contributed by atoms with E-state index >= 15 is 0 Å². The van der Waals surface area contributed by atoms with Crippen molar-refractivity contribution in [3.8, 4) is 0 Å². The first-order chi connectivity index (χ1) is 11.7. The first-order valence-corrected chi connectivity index (χ1v) is 9.20. The van der Waals surface area contributed by atoms with Crippen molar-refractivity contribution in [2.24, 2.45) is 0 Å². The summed E-state index contributed by atoms with van der Waals surface area (Å²) in [6.45, 7) is 2.10. The monoisotopic (exact) mass is 345 g/mol. The van der Waals surface area contributed by atoms with Gasteiger partial charge in [-0.1, -0.05) is 44.2 Å². The van der Waals surface area contributed by atoms with Crippen molar-refractivity contribution in [3.05, 3.63) is 46.7 Å². The van der Waals surface area contributed by atoms with Crippen LogP contribution in [0.25, 0.3) is 0 Å². The number of halogens is 1. The predicted octanol–water partition coefficient (Wildman–Crippen LogP) is 5.00. The van der Waals surface area contributed by atoms with Crippen LogP contribution in [0, 0.1) is 0 Å². The highest BCUT2D eigenvalue weighted by atomic mass is 35.5. The van der Waals surface area contributed by atoms with Crippen LogP contribution >= 0.6 is 11.6 Å². The number of H-pyrrole nitrogens is 1. The predicted molar refractivity (Wildman–Crippen MR) is 97.7 cm³/mol. The van der Waals surface area contributed by atoms with Crippen molar-refractivity contribution in [3.63, 3.8) is 0 Å². The first kappa shape index (κ1) is 17.0. The Hall–Kier alpha value is -1.81. The molecule has 0 atom stereocenters. The van der Waals surface area contributed by atoms with E-state index in [2.05, 4.69) is 17.1 Å². The van der Waals surface area contributed by atoms with Crippen LogP contribution in [0.5, 0.6) is 0 Å². The fraction of sp³-hybridized carbons (Fsp3) is 0.474. The number of aromatic nitrogens is 2. The van der Waals surface area contributed by atoms with Gasteiger partial charge in [0.2, 0.25) is 0 Å². The van der Waals surface area contributed by atoms with Gasteiger partial charge in [-0.15, -0.1) is 0 Å². The molecule has 0 bridgehead atoms. The molecule has 4 nitrogen and oxygen atoms in total. The number of nitrogens with one attached hydrogen (secondary N) is 1. The third-order valence-electron chi connectivity index (χ3n) is 4.71. The van der Waals surface area contributed by atoms with Gasteiger partial charge in [0.1, 0.15) is 0 Å². The van der Waals surface area contributed by atoms with Gasteiger partial charge < -0.3 is 4.90 Å². The Kier molecular flexibility index (Phi) is 5.56. The molecule has 1 aliphatic carbocycles. The third-order valence-corrected chi connectivity index (χ3v) is 4.96. The van der Waals surface area contributed by atoms with Crippen LogP contribution in [-0.2, 0) is 6.42 Å². The smallest absolute Gasteiger partial charge is 0.261 e. The topological polar surface area (TPSA) is 49.0 Å². The molecular weight excluding hydrogens is 322 g/mol. The fourth-order valence-electron chi connectivity index (χ4n) is 3.50. The average molecular weight is 346 g/mol.